The van der Waals surface area contributed by atoms with Gasteiger partial charge >= 0.3 is 0 Å². The van der Waals surface area contributed by atoms with Crippen molar-refractivity contribution in [3.05, 3.63) is 27.7 Å². The van der Waals surface area contributed by atoms with Gasteiger partial charge in [-0.3, -0.25) is 4.79 Å². The summed E-state index contributed by atoms with van der Waals surface area (Å²) in [7, 11) is 1.54. The van der Waals surface area contributed by atoms with Crippen LogP contribution in [0.25, 0.3) is 0 Å². The van der Waals surface area contributed by atoms with Gasteiger partial charge in [-0.15, -0.1) is 0 Å². The molecule has 0 fully saturated rings. The number of benzene rings is 1. The Labute approximate surface area is 111 Å². The lowest BCUT2D eigenvalue weighted by molar-refractivity contribution is -0.120. The Bertz CT molecular complexity index is 408. The van der Waals surface area contributed by atoms with Gasteiger partial charge in [0, 0.05) is 24.1 Å². The first-order chi connectivity index (χ1) is 8.08. The molecule has 0 spiro atoms. The van der Waals surface area contributed by atoms with Crippen molar-refractivity contribution in [2.24, 2.45) is 0 Å². The number of methoxy groups -OCH3 is 1. The summed E-state index contributed by atoms with van der Waals surface area (Å²) in [5, 5.41) is 3.90. The zero-order valence-corrected chi connectivity index (χ0v) is 11.4. The maximum Gasteiger partial charge on any atom is 0.219 e. The third-order valence-electron chi connectivity index (χ3n) is 2.36. The van der Waals surface area contributed by atoms with Crippen LogP contribution >= 0.6 is 23.2 Å². The van der Waals surface area contributed by atoms with Crippen molar-refractivity contribution < 1.29 is 9.53 Å². The van der Waals surface area contributed by atoms with Gasteiger partial charge in [0.15, 0.2) is 0 Å². The van der Waals surface area contributed by atoms with Crippen LogP contribution in [0.5, 0.6) is 5.75 Å². The van der Waals surface area contributed by atoms with Gasteiger partial charge in [0.1, 0.15) is 5.75 Å². The van der Waals surface area contributed by atoms with E-state index in [-0.39, 0.29) is 5.91 Å². The van der Waals surface area contributed by atoms with E-state index in [2.05, 4.69) is 5.32 Å². The molecule has 5 heteroatoms. The fraction of sp³-hybridized carbons (Fsp3) is 0.417. The van der Waals surface area contributed by atoms with Crippen LogP contribution < -0.4 is 10.1 Å². The molecule has 0 saturated carbocycles. The van der Waals surface area contributed by atoms with E-state index in [1.165, 1.54) is 0 Å². The Kier molecular flexibility index (Phi) is 5.59. The van der Waals surface area contributed by atoms with Crippen molar-refractivity contribution in [3.8, 4) is 5.75 Å². The van der Waals surface area contributed by atoms with Crippen LogP contribution in [0.3, 0.4) is 0 Å². The van der Waals surface area contributed by atoms with Crippen LogP contribution in [0, 0.1) is 0 Å². The van der Waals surface area contributed by atoms with Crippen molar-refractivity contribution in [3.63, 3.8) is 0 Å². The Balaban J connectivity index is 2.65. The van der Waals surface area contributed by atoms with Gasteiger partial charge in [0.2, 0.25) is 5.91 Å². The van der Waals surface area contributed by atoms with E-state index in [0.29, 0.717) is 35.2 Å². The molecule has 0 unspecified atom stereocenters. The predicted octanol–water partition coefficient (Wildman–Crippen LogP) is 3.07. The molecule has 94 valence electrons. The van der Waals surface area contributed by atoms with Gasteiger partial charge < -0.3 is 10.1 Å². The van der Waals surface area contributed by atoms with E-state index in [9.17, 15) is 4.79 Å². The first kappa shape index (κ1) is 14.1. The van der Waals surface area contributed by atoms with E-state index in [1.807, 2.05) is 6.92 Å². The summed E-state index contributed by atoms with van der Waals surface area (Å²) in [6.45, 7) is 2.36. The number of ether oxygens (including phenoxy) is 1. The molecule has 0 heterocycles. The molecule has 1 amide bonds. The highest BCUT2D eigenvalue weighted by atomic mass is 35.5. The van der Waals surface area contributed by atoms with Crippen LogP contribution in [-0.4, -0.2) is 19.6 Å². The molecule has 0 saturated heterocycles. The Morgan fingerprint density at radius 1 is 1.35 bits per heavy atom. The quantitative estimate of drug-likeness (QED) is 0.897. The van der Waals surface area contributed by atoms with Crippen molar-refractivity contribution in [2.75, 3.05) is 13.7 Å². The van der Waals surface area contributed by atoms with Crippen LogP contribution in [0.2, 0.25) is 10.0 Å². The lowest BCUT2D eigenvalue weighted by Crippen LogP contribution is -2.24. The van der Waals surface area contributed by atoms with E-state index in [1.54, 1.807) is 19.2 Å². The summed E-state index contributed by atoms with van der Waals surface area (Å²) in [5.41, 5.74) is 0.897. The number of carbonyl (C=O) groups is 1. The number of halogens is 2. The second-order valence-corrected chi connectivity index (χ2v) is 4.35. The highest BCUT2D eigenvalue weighted by molar-refractivity contribution is 6.34. The van der Waals surface area contributed by atoms with Gasteiger partial charge in [0.05, 0.1) is 12.1 Å². The smallest absolute Gasteiger partial charge is 0.219 e. The Hall–Kier alpha value is -0.930. The lowest BCUT2D eigenvalue weighted by Gasteiger charge is -2.09. The van der Waals surface area contributed by atoms with Gasteiger partial charge in [-0.2, -0.15) is 0 Å². The minimum absolute atomic E-state index is 0.0285. The molecule has 0 bridgehead atoms. The average molecular weight is 276 g/mol. The van der Waals surface area contributed by atoms with E-state index in [4.69, 9.17) is 27.9 Å². The van der Waals surface area contributed by atoms with E-state index < -0.39 is 0 Å². The summed E-state index contributed by atoms with van der Waals surface area (Å²) < 4.78 is 5.05. The number of hydrogen-bond donors (Lipinski definition) is 1. The normalized spacial score (nSPS) is 10.1. The van der Waals surface area contributed by atoms with Crippen LogP contribution in [0.4, 0.5) is 0 Å². The van der Waals surface area contributed by atoms with Crippen molar-refractivity contribution in [2.45, 2.75) is 19.8 Å². The van der Waals surface area contributed by atoms with Crippen molar-refractivity contribution >= 4 is 29.1 Å². The molecule has 0 aromatic heterocycles. The second kappa shape index (κ2) is 6.72. The maximum atomic E-state index is 11.1. The van der Waals surface area contributed by atoms with Crippen LogP contribution in [0.1, 0.15) is 18.9 Å². The fourth-order valence-corrected chi connectivity index (χ4v) is 1.89. The molecule has 0 radical (unpaired) electrons. The molecule has 1 N–H and O–H groups in total. The van der Waals surface area contributed by atoms with E-state index in [0.717, 1.165) is 5.56 Å². The largest absolute Gasteiger partial charge is 0.495 e. The topological polar surface area (TPSA) is 38.3 Å². The summed E-state index contributed by atoms with van der Waals surface area (Å²) >= 11 is 12.1. The fourth-order valence-electron chi connectivity index (χ4n) is 1.38. The van der Waals surface area contributed by atoms with Gasteiger partial charge in [-0.25, -0.2) is 0 Å². The Morgan fingerprint density at radius 3 is 2.65 bits per heavy atom. The molecule has 17 heavy (non-hydrogen) atoms. The third kappa shape index (κ3) is 4.10. The van der Waals surface area contributed by atoms with Crippen molar-refractivity contribution in [1.29, 1.82) is 0 Å². The van der Waals surface area contributed by atoms with E-state index >= 15 is 0 Å². The maximum absolute atomic E-state index is 11.1. The molecular formula is C12H15Cl2NO2. The minimum atomic E-state index is 0.0285. The highest BCUT2D eigenvalue weighted by Crippen LogP contribution is 2.30. The number of amides is 1. The molecule has 0 atom stereocenters. The molecular weight excluding hydrogens is 261 g/mol. The predicted molar refractivity (Wildman–Crippen MR) is 70.0 cm³/mol. The summed E-state index contributed by atoms with van der Waals surface area (Å²) in [6.07, 6.45) is 1.13. The standard InChI is InChI=1S/C12H15Cl2NO2/c1-3-12(16)15-5-4-8-6-10(14)11(17-2)7-9(8)13/h6-7H,3-5H2,1-2H3,(H,15,16). The number of hydrogen-bond acceptors (Lipinski definition) is 2. The summed E-state index contributed by atoms with van der Waals surface area (Å²) in [4.78, 5) is 11.1. The van der Waals surface area contributed by atoms with Gasteiger partial charge in [0.25, 0.3) is 0 Å². The highest BCUT2D eigenvalue weighted by Gasteiger charge is 2.07. The van der Waals surface area contributed by atoms with Gasteiger partial charge in [-0.1, -0.05) is 30.1 Å². The number of rotatable bonds is 5. The zero-order chi connectivity index (χ0) is 12.8. The SMILES string of the molecule is CCC(=O)NCCc1cc(Cl)c(OC)cc1Cl. The zero-order valence-electron chi connectivity index (χ0n) is 9.85. The lowest BCUT2D eigenvalue weighted by atomic mass is 10.1. The van der Waals surface area contributed by atoms with Crippen molar-refractivity contribution in [1.82, 2.24) is 5.32 Å². The third-order valence-corrected chi connectivity index (χ3v) is 3.01. The minimum Gasteiger partial charge on any atom is -0.495 e. The average Bonchev–Trinajstić information content (AvgIpc) is 2.32. The van der Waals surface area contributed by atoms with Crippen LogP contribution in [-0.2, 0) is 11.2 Å². The molecule has 1 aromatic carbocycles. The number of carbonyl (C=O) groups excluding carboxylic acids is 1. The summed E-state index contributed by atoms with van der Waals surface area (Å²) in [6, 6.07) is 3.45. The first-order valence-electron chi connectivity index (χ1n) is 5.37. The molecule has 0 aliphatic heterocycles. The second-order valence-electron chi connectivity index (χ2n) is 3.53. The molecule has 0 aliphatic rings. The van der Waals surface area contributed by atoms with Gasteiger partial charge in [-0.05, 0) is 18.1 Å². The summed E-state index contributed by atoms with van der Waals surface area (Å²) in [5.74, 6) is 0.582. The number of nitrogens with one attached hydrogen (secondary N) is 1. The molecule has 1 aromatic rings. The Morgan fingerprint density at radius 2 is 2.06 bits per heavy atom. The molecule has 1 rings (SSSR count). The molecule has 0 aliphatic carbocycles. The monoisotopic (exact) mass is 275 g/mol. The van der Waals surface area contributed by atoms with Crippen LogP contribution in [0.15, 0.2) is 12.1 Å². The first-order valence-corrected chi connectivity index (χ1v) is 6.12. The molecule has 3 nitrogen and oxygen atoms in total.